The Morgan fingerprint density at radius 1 is 1.32 bits per heavy atom. The van der Waals surface area contributed by atoms with Crippen LogP contribution in [0.5, 0.6) is 0 Å². The molecule has 1 fully saturated rings. The van der Waals surface area contributed by atoms with Gasteiger partial charge in [0.25, 0.3) is 0 Å². The van der Waals surface area contributed by atoms with Crippen molar-refractivity contribution in [2.75, 3.05) is 19.6 Å². The van der Waals surface area contributed by atoms with Crippen LogP contribution in [0.15, 0.2) is 23.1 Å². The van der Waals surface area contributed by atoms with Crippen LogP contribution in [0, 0.1) is 18.7 Å². The molecule has 1 aromatic carbocycles. The lowest BCUT2D eigenvalue weighted by molar-refractivity contribution is 0.151. The molecule has 2 rings (SSSR count). The number of halogens is 1. The molecule has 1 aliphatic heterocycles. The fourth-order valence-electron chi connectivity index (χ4n) is 2.77. The average Bonchev–Trinajstić information content (AvgIpc) is 2.48. The number of nitrogens with zero attached hydrogens (tertiary/aromatic N) is 1. The molecular weight excluding hydrogens is 303 g/mol. The second kappa shape index (κ2) is 7.06. The van der Waals surface area contributed by atoms with Crippen molar-refractivity contribution in [1.29, 1.82) is 0 Å². The first-order chi connectivity index (χ1) is 10.3. The van der Waals surface area contributed by atoms with Crippen molar-refractivity contribution < 1.29 is 12.8 Å². The van der Waals surface area contributed by atoms with E-state index >= 15 is 0 Å². The molecular formula is C16H25FN2O2S. The van der Waals surface area contributed by atoms with E-state index in [9.17, 15) is 12.8 Å². The van der Waals surface area contributed by atoms with Gasteiger partial charge in [-0.2, -0.15) is 0 Å². The number of nitrogens with one attached hydrogen (secondary N) is 1. The molecule has 0 radical (unpaired) electrons. The SMILES string of the molecule is Cc1cc(S(=O)(=O)NCC2CCN(C(C)C)CC2)ccc1F. The summed E-state index contributed by atoms with van der Waals surface area (Å²) in [4.78, 5) is 2.54. The number of benzene rings is 1. The van der Waals surface area contributed by atoms with Crippen molar-refractivity contribution in [2.45, 2.75) is 44.6 Å². The van der Waals surface area contributed by atoms with Crippen LogP contribution in [0.4, 0.5) is 4.39 Å². The van der Waals surface area contributed by atoms with E-state index in [2.05, 4.69) is 23.5 Å². The lowest BCUT2D eigenvalue weighted by Gasteiger charge is -2.34. The Morgan fingerprint density at radius 2 is 1.95 bits per heavy atom. The van der Waals surface area contributed by atoms with Crippen LogP contribution in [0.25, 0.3) is 0 Å². The second-order valence-corrected chi connectivity index (χ2v) is 8.10. The highest BCUT2D eigenvalue weighted by atomic mass is 32.2. The summed E-state index contributed by atoms with van der Waals surface area (Å²) in [5.41, 5.74) is 0.341. The Labute approximate surface area is 132 Å². The Bertz CT molecular complexity index is 609. The normalized spacial score (nSPS) is 18.0. The van der Waals surface area contributed by atoms with Crippen LogP contribution in [0.1, 0.15) is 32.3 Å². The molecule has 22 heavy (non-hydrogen) atoms. The fraction of sp³-hybridized carbons (Fsp3) is 0.625. The molecule has 1 saturated heterocycles. The zero-order chi connectivity index (χ0) is 16.3. The zero-order valence-corrected chi connectivity index (χ0v) is 14.3. The van der Waals surface area contributed by atoms with E-state index in [0.717, 1.165) is 25.9 Å². The quantitative estimate of drug-likeness (QED) is 0.903. The van der Waals surface area contributed by atoms with Crippen LogP contribution >= 0.6 is 0 Å². The Kier molecular flexibility index (Phi) is 5.58. The molecule has 0 aromatic heterocycles. The number of hydrogen-bond donors (Lipinski definition) is 1. The Morgan fingerprint density at radius 3 is 2.50 bits per heavy atom. The van der Waals surface area contributed by atoms with Crippen molar-refractivity contribution in [2.24, 2.45) is 5.92 Å². The topological polar surface area (TPSA) is 49.4 Å². The summed E-state index contributed by atoms with van der Waals surface area (Å²) in [5, 5.41) is 0. The van der Waals surface area contributed by atoms with Crippen molar-refractivity contribution >= 4 is 10.0 Å². The molecule has 0 unspecified atom stereocenters. The second-order valence-electron chi connectivity index (χ2n) is 6.34. The number of likely N-dealkylation sites (tertiary alicyclic amines) is 1. The van der Waals surface area contributed by atoms with E-state index in [1.807, 2.05) is 0 Å². The highest BCUT2D eigenvalue weighted by Crippen LogP contribution is 2.19. The maximum atomic E-state index is 13.2. The van der Waals surface area contributed by atoms with Gasteiger partial charge in [-0.05, 0) is 76.4 Å². The maximum absolute atomic E-state index is 13.2. The van der Waals surface area contributed by atoms with Gasteiger partial charge in [0, 0.05) is 12.6 Å². The summed E-state index contributed by atoms with van der Waals surface area (Å²) in [5.74, 6) is -0.0219. The van der Waals surface area contributed by atoms with Crippen LogP contribution in [0.2, 0.25) is 0 Å². The van der Waals surface area contributed by atoms with E-state index in [4.69, 9.17) is 0 Å². The Balaban J connectivity index is 1.92. The van der Waals surface area contributed by atoms with Gasteiger partial charge < -0.3 is 4.90 Å². The first-order valence-electron chi connectivity index (χ1n) is 7.79. The third kappa shape index (κ3) is 4.27. The smallest absolute Gasteiger partial charge is 0.240 e. The van der Waals surface area contributed by atoms with Gasteiger partial charge in [0.1, 0.15) is 5.82 Å². The molecule has 0 bridgehead atoms. The summed E-state index contributed by atoms with van der Waals surface area (Å²) in [6.07, 6.45) is 2.01. The maximum Gasteiger partial charge on any atom is 0.240 e. The molecule has 6 heteroatoms. The minimum atomic E-state index is -3.56. The van der Waals surface area contributed by atoms with Crippen LogP contribution in [0.3, 0.4) is 0 Å². The number of hydrogen-bond acceptors (Lipinski definition) is 3. The lowest BCUT2D eigenvalue weighted by Crippen LogP contribution is -2.41. The lowest BCUT2D eigenvalue weighted by atomic mass is 9.96. The standard InChI is InChI=1S/C16H25FN2O2S/c1-12(2)19-8-6-14(7-9-19)11-18-22(20,21)15-4-5-16(17)13(3)10-15/h4-5,10,12,14,18H,6-9,11H2,1-3H3. The van der Waals surface area contributed by atoms with Crippen LogP contribution < -0.4 is 4.72 Å². The van der Waals surface area contributed by atoms with Gasteiger partial charge in [0.05, 0.1) is 4.90 Å². The van der Waals surface area contributed by atoms with E-state index in [0.29, 0.717) is 24.1 Å². The number of aryl methyl sites for hydroxylation is 1. The molecule has 0 amide bonds. The Hall–Kier alpha value is -0.980. The summed E-state index contributed by atoms with van der Waals surface area (Å²) in [7, 11) is -3.56. The molecule has 0 atom stereocenters. The predicted octanol–water partition coefficient (Wildman–Crippen LogP) is 2.53. The molecule has 124 valence electrons. The van der Waals surface area contributed by atoms with Gasteiger partial charge in [-0.1, -0.05) is 0 Å². The van der Waals surface area contributed by atoms with Crippen LogP contribution in [-0.4, -0.2) is 39.0 Å². The van der Waals surface area contributed by atoms with E-state index in [1.54, 1.807) is 6.92 Å². The van der Waals surface area contributed by atoms with Crippen molar-refractivity contribution in [1.82, 2.24) is 9.62 Å². The predicted molar refractivity (Wildman–Crippen MR) is 85.8 cm³/mol. The van der Waals surface area contributed by atoms with Gasteiger partial charge in [-0.25, -0.2) is 17.5 Å². The van der Waals surface area contributed by atoms with Gasteiger partial charge in [0.2, 0.25) is 10.0 Å². The largest absolute Gasteiger partial charge is 0.301 e. The molecule has 1 N–H and O–H groups in total. The minimum absolute atomic E-state index is 0.131. The first kappa shape index (κ1) is 17.4. The number of sulfonamides is 1. The molecule has 1 aliphatic rings. The third-order valence-electron chi connectivity index (χ3n) is 4.38. The monoisotopic (exact) mass is 328 g/mol. The van der Waals surface area contributed by atoms with Gasteiger partial charge in [-0.3, -0.25) is 0 Å². The summed E-state index contributed by atoms with van der Waals surface area (Å²) >= 11 is 0. The average molecular weight is 328 g/mol. The van der Waals surface area contributed by atoms with Gasteiger partial charge in [-0.15, -0.1) is 0 Å². The van der Waals surface area contributed by atoms with Crippen molar-refractivity contribution in [3.8, 4) is 0 Å². The zero-order valence-electron chi connectivity index (χ0n) is 13.5. The van der Waals surface area contributed by atoms with Gasteiger partial charge >= 0.3 is 0 Å². The van der Waals surface area contributed by atoms with Gasteiger partial charge in [0.15, 0.2) is 0 Å². The highest BCUT2D eigenvalue weighted by molar-refractivity contribution is 7.89. The third-order valence-corrected chi connectivity index (χ3v) is 5.80. The molecule has 0 saturated carbocycles. The van der Waals surface area contributed by atoms with E-state index in [1.165, 1.54) is 18.2 Å². The highest BCUT2D eigenvalue weighted by Gasteiger charge is 2.23. The fourth-order valence-corrected chi connectivity index (χ4v) is 3.97. The molecule has 0 aliphatic carbocycles. The van der Waals surface area contributed by atoms with Crippen molar-refractivity contribution in [3.63, 3.8) is 0 Å². The van der Waals surface area contributed by atoms with E-state index in [-0.39, 0.29) is 10.7 Å². The molecule has 4 nitrogen and oxygen atoms in total. The summed E-state index contributed by atoms with van der Waals surface area (Å²) in [6.45, 7) is 8.40. The number of rotatable bonds is 5. The van der Waals surface area contributed by atoms with E-state index < -0.39 is 10.0 Å². The first-order valence-corrected chi connectivity index (χ1v) is 9.28. The summed E-state index contributed by atoms with van der Waals surface area (Å²) < 4.78 is 40.4. The molecule has 1 aromatic rings. The molecule has 1 heterocycles. The van der Waals surface area contributed by atoms with Crippen molar-refractivity contribution in [3.05, 3.63) is 29.6 Å². The number of piperidine rings is 1. The summed E-state index contributed by atoms with van der Waals surface area (Å²) in [6, 6.07) is 4.43. The molecule has 0 spiro atoms. The minimum Gasteiger partial charge on any atom is -0.301 e. The van der Waals surface area contributed by atoms with Crippen LogP contribution in [-0.2, 0) is 10.0 Å².